The zero-order chi connectivity index (χ0) is 42.7. The average molecular weight is 821 g/mol. The number of hydrogen-bond donors (Lipinski definition) is 0. The van der Waals surface area contributed by atoms with Crippen LogP contribution in [-0.4, -0.2) is 0 Å². The molecule has 0 saturated heterocycles. The summed E-state index contributed by atoms with van der Waals surface area (Å²) < 4.78 is 0. The third-order valence-electron chi connectivity index (χ3n) is 15.5. The second-order valence-corrected chi connectivity index (χ2v) is 19.1. The van der Waals surface area contributed by atoms with E-state index in [0.717, 1.165) is 0 Å². The van der Waals surface area contributed by atoms with E-state index in [1.807, 2.05) is 0 Å². The van der Waals surface area contributed by atoms with Crippen molar-refractivity contribution >= 4 is 53.9 Å². The van der Waals surface area contributed by atoms with Crippen LogP contribution < -0.4 is 0 Å². The third kappa shape index (κ3) is 4.61. The molecule has 12 aromatic carbocycles. The first-order chi connectivity index (χ1) is 32.0. The van der Waals surface area contributed by atoms with Crippen molar-refractivity contribution in [2.45, 2.75) is 19.3 Å². The number of benzene rings is 12. The van der Waals surface area contributed by atoms with Crippen LogP contribution in [0.25, 0.3) is 143 Å². The highest BCUT2D eigenvalue weighted by Crippen LogP contribution is 2.57. The van der Waals surface area contributed by atoms with Gasteiger partial charge in [-0.25, -0.2) is 0 Å². The van der Waals surface area contributed by atoms with Crippen LogP contribution >= 0.6 is 0 Å². The summed E-state index contributed by atoms with van der Waals surface area (Å²) in [4.78, 5) is 0. The van der Waals surface area contributed by atoms with E-state index in [4.69, 9.17) is 0 Å². The van der Waals surface area contributed by atoms with E-state index in [0.29, 0.717) is 0 Å². The Bertz CT molecular complexity index is 4080. The third-order valence-corrected chi connectivity index (χ3v) is 15.5. The van der Waals surface area contributed by atoms with E-state index in [-0.39, 0.29) is 5.41 Å². The van der Waals surface area contributed by atoms with Crippen LogP contribution in [0.3, 0.4) is 0 Å². The topological polar surface area (TPSA) is 0 Å². The predicted octanol–water partition coefficient (Wildman–Crippen LogP) is 18.1. The number of hydrogen-bond acceptors (Lipinski definition) is 0. The Labute approximate surface area is 377 Å². The highest BCUT2D eigenvalue weighted by Gasteiger charge is 2.37. The molecule has 0 unspecified atom stereocenters. The zero-order valence-corrected chi connectivity index (χ0v) is 36.1. The van der Waals surface area contributed by atoms with Crippen LogP contribution in [0.4, 0.5) is 0 Å². The molecule has 15 rings (SSSR count). The van der Waals surface area contributed by atoms with Gasteiger partial charge in [0.05, 0.1) is 0 Å². The molecule has 65 heavy (non-hydrogen) atoms. The Hall–Kier alpha value is -8.06. The SMILES string of the molecule is CC1(C)c2cc(-c3ccc4ccccc4c3)ccc2-c2cc3c(-c4ccc5c6c(cccc46)-c4ccccc4-5)c4ccccc4c(-c4ccc5c6c(cccc46)-c4ccccc4-5)c3cc21. The Morgan fingerprint density at radius 2 is 0.662 bits per heavy atom. The summed E-state index contributed by atoms with van der Waals surface area (Å²) >= 11 is 0. The van der Waals surface area contributed by atoms with Gasteiger partial charge in [0.1, 0.15) is 0 Å². The monoisotopic (exact) mass is 820 g/mol. The molecule has 0 saturated carbocycles. The lowest BCUT2D eigenvalue weighted by Crippen LogP contribution is -2.15. The van der Waals surface area contributed by atoms with E-state index in [1.54, 1.807) is 0 Å². The first kappa shape index (κ1) is 35.4. The van der Waals surface area contributed by atoms with Crippen LogP contribution in [-0.2, 0) is 5.41 Å². The number of fused-ring (bicyclic) bond motifs is 12. The summed E-state index contributed by atoms with van der Waals surface area (Å²) in [5, 5.41) is 13.0. The van der Waals surface area contributed by atoms with E-state index < -0.39 is 0 Å². The fourth-order valence-corrected chi connectivity index (χ4v) is 12.6. The fraction of sp³-hybridized carbons (Fsp3) is 0.0462. The van der Waals surface area contributed by atoms with E-state index in [2.05, 4.69) is 220 Å². The standard InChI is InChI=1S/C65H40/c1-65(2)59-34-40(39-26-25-37-13-3-4-14-38(37)33-39)27-28-45(59)56-35-57-58(36-60(56)65)64(55-32-30-53-44-18-8-6-16-42(44)47-22-12-24-51(55)62(47)53)49-20-10-9-19-48(49)63(57)54-31-29-52-43-17-7-5-15-41(43)46-21-11-23-50(54)61(46)52/h3-36H,1-2H3. The molecule has 3 aliphatic carbocycles. The van der Waals surface area contributed by atoms with Gasteiger partial charge < -0.3 is 0 Å². The fourth-order valence-electron chi connectivity index (χ4n) is 12.6. The summed E-state index contributed by atoms with van der Waals surface area (Å²) in [5.41, 5.74) is 23.5. The van der Waals surface area contributed by atoms with Gasteiger partial charge in [0.15, 0.2) is 0 Å². The van der Waals surface area contributed by atoms with Gasteiger partial charge in [-0.15, -0.1) is 0 Å². The van der Waals surface area contributed by atoms with E-state index >= 15 is 0 Å². The Kier molecular flexibility index (Phi) is 6.84. The first-order valence-corrected chi connectivity index (χ1v) is 23.0. The van der Waals surface area contributed by atoms with Crippen LogP contribution in [0.2, 0.25) is 0 Å². The molecule has 0 N–H and O–H groups in total. The van der Waals surface area contributed by atoms with E-state index in [1.165, 1.54) is 154 Å². The van der Waals surface area contributed by atoms with Crippen molar-refractivity contribution in [3.8, 4) is 89.0 Å². The summed E-state index contributed by atoms with van der Waals surface area (Å²) in [6.45, 7) is 4.87. The molecule has 0 heterocycles. The lowest BCUT2D eigenvalue weighted by atomic mass is 9.78. The second-order valence-electron chi connectivity index (χ2n) is 19.1. The molecule has 0 heteroatoms. The molecule has 12 aromatic rings. The van der Waals surface area contributed by atoms with Crippen LogP contribution in [0.5, 0.6) is 0 Å². The van der Waals surface area contributed by atoms with Gasteiger partial charge in [0, 0.05) is 5.41 Å². The molecule has 0 aliphatic heterocycles. The van der Waals surface area contributed by atoms with Crippen molar-refractivity contribution in [1.29, 1.82) is 0 Å². The predicted molar refractivity (Wildman–Crippen MR) is 277 cm³/mol. The Morgan fingerprint density at radius 1 is 0.246 bits per heavy atom. The van der Waals surface area contributed by atoms with Gasteiger partial charge in [-0.1, -0.05) is 196 Å². The van der Waals surface area contributed by atoms with Crippen molar-refractivity contribution in [1.82, 2.24) is 0 Å². The van der Waals surface area contributed by atoms with Gasteiger partial charge >= 0.3 is 0 Å². The van der Waals surface area contributed by atoms with Crippen molar-refractivity contribution in [2.75, 3.05) is 0 Å². The van der Waals surface area contributed by atoms with Crippen LogP contribution in [0.1, 0.15) is 25.0 Å². The maximum absolute atomic E-state index is 2.60. The maximum Gasteiger partial charge on any atom is 0.0159 e. The lowest BCUT2D eigenvalue weighted by Gasteiger charge is -2.25. The average Bonchev–Trinajstić information content (AvgIpc) is 3.94. The van der Waals surface area contributed by atoms with E-state index in [9.17, 15) is 0 Å². The van der Waals surface area contributed by atoms with Crippen molar-refractivity contribution in [3.05, 3.63) is 217 Å². The molecule has 300 valence electrons. The zero-order valence-electron chi connectivity index (χ0n) is 36.1. The number of rotatable bonds is 3. The second kappa shape index (κ2) is 12.6. The molecule has 0 bridgehead atoms. The highest BCUT2D eigenvalue weighted by molar-refractivity contribution is 6.29. The molecule has 0 aromatic heterocycles. The molecule has 0 radical (unpaired) electrons. The molecule has 0 amide bonds. The normalized spacial score (nSPS) is 13.5. The molecule has 0 atom stereocenters. The van der Waals surface area contributed by atoms with Crippen LogP contribution in [0, 0.1) is 0 Å². The Balaban J connectivity index is 1.05. The van der Waals surface area contributed by atoms with Crippen molar-refractivity contribution in [2.24, 2.45) is 0 Å². The quantitative estimate of drug-likeness (QED) is 0.156. The van der Waals surface area contributed by atoms with Crippen molar-refractivity contribution < 1.29 is 0 Å². The van der Waals surface area contributed by atoms with Gasteiger partial charge in [-0.2, -0.15) is 0 Å². The maximum atomic E-state index is 2.60. The minimum atomic E-state index is -0.230. The van der Waals surface area contributed by atoms with Gasteiger partial charge in [0.25, 0.3) is 0 Å². The largest absolute Gasteiger partial charge is 0.0616 e. The van der Waals surface area contributed by atoms with Gasteiger partial charge in [-0.05, 0) is 178 Å². The molecule has 0 spiro atoms. The lowest BCUT2D eigenvalue weighted by molar-refractivity contribution is 0.661. The Morgan fingerprint density at radius 3 is 1.26 bits per heavy atom. The van der Waals surface area contributed by atoms with Gasteiger partial charge in [-0.3, -0.25) is 0 Å². The summed E-state index contributed by atoms with van der Waals surface area (Å²) in [5.74, 6) is 0. The van der Waals surface area contributed by atoms with Gasteiger partial charge in [0.2, 0.25) is 0 Å². The summed E-state index contributed by atoms with van der Waals surface area (Å²) in [7, 11) is 0. The minimum absolute atomic E-state index is 0.230. The first-order valence-electron chi connectivity index (χ1n) is 23.0. The molecule has 0 fully saturated rings. The smallest absolute Gasteiger partial charge is 0.0159 e. The molecule has 3 aliphatic rings. The summed E-state index contributed by atoms with van der Waals surface area (Å²) in [6.07, 6.45) is 0. The highest BCUT2D eigenvalue weighted by atomic mass is 14.4. The molecular formula is C65H40. The summed E-state index contributed by atoms with van der Waals surface area (Å²) in [6, 6.07) is 78.5. The van der Waals surface area contributed by atoms with Crippen LogP contribution in [0.15, 0.2) is 206 Å². The minimum Gasteiger partial charge on any atom is -0.0616 e. The molecule has 0 nitrogen and oxygen atoms in total. The molecular weight excluding hydrogens is 781 g/mol. The van der Waals surface area contributed by atoms with Crippen molar-refractivity contribution in [3.63, 3.8) is 0 Å².